The first-order chi connectivity index (χ1) is 17.3. The van der Waals surface area contributed by atoms with Crippen molar-refractivity contribution in [3.05, 3.63) is 86.9 Å². The minimum Gasteiger partial charge on any atom is -0.292 e. The summed E-state index contributed by atoms with van der Waals surface area (Å²) < 4.78 is 0. The van der Waals surface area contributed by atoms with E-state index in [9.17, 15) is 29.3 Å². The number of rotatable bonds is 6. The number of non-ortho nitro benzene ring substituents is 1. The lowest BCUT2D eigenvalue weighted by Crippen LogP contribution is -2.52. The summed E-state index contributed by atoms with van der Waals surface area (Å²) >= 11 is 5.92. The van der Waals surface area contributed by atoms with Gasteiger partial charge in [0, 0.05) is 28.3 Å². The van der Waals surface area contributed by atoms with Crippen LogP contribution in [0.4, 0.5) is 5.69 Å². The molecule has 0 spiro atoms. The first-order valence-electron chi connectivity index (χ1n) is 11.7. The predicted octanol–water partition coefficient (Wildman–Crippen LogP) is 3.54. The number of amides is 3. The molecule has 182 valence electrons. The maximum Gasteiger partial charge on any atom is 0.273 e. The Kier molecular flexibility index (Phi) is 5.08. The Morgan fingerprint density at radius 3 is 1.97 bits per heavy atom. The highest BCUT2D eigenvalue weighted by molar-refractivity contribution is 6.30. The van der Waals surface area contributed by atoms with Crippen LogP contribution in [0.1, 0.15) is 27.1 Å². The molecule has 1 saturated heterocycles. The Labute approximate surface area is 210 Å². The molecule has 36 heavy (non-hydrogen) atoms. The van der Waals surface area contributed by atoms with Gasteiger partial charge in [-0.15, -0.1) is 0 Å². The molecule has 6 atom stereocenters. The van der Waals surface area contributed by atoms with E-state index < -0.39 is 46.8 Å². The molecule has 0 unspecified atom stereocenters. The molecule has 2 aromatic rings. The van der Waals surface area contributed by atoms with Gasteiger partial charge in [-0.1, -0.05) is 23.8 Å². The second-order valence-electron chi connectivity index (χ2n) is 9.74. The lowest BCUT2D eigenvalue weighted by molar-refractivity contribution is -0.384. The molecule has 0 radical (unpaired) electrons. The highest BCUT2D eigenvalue weighted by atomic mass is 35.5. The fraction of sp³-hybridized carbons (Fsp3) is 0.308. The minimum atomic E-state index is -0.766. The van der Waals surface area contributed by atoms with Crippen molar-refractivity contribution in [3.8, 4) is 0 Å². The van der Waals surface area contributed by atoms with Gasteiger partial charge >= 0.3 is 0 Å². The van der Waals surface area contributed by atoms with Crippen molar-refractivity contribution in [3.63, 3.8) is 0 Å². The number of halogens is 1. The summed E-state index contributed by atoms with van der Waals surface area (Å²) in [5.41, 5.74) is 0.0703. The van der Waals surface area contributed by atoms with Crippen molar-refractivity contribution in [2.75, 3.05) is 6.54 Å². The van der Waals surface area contributed by atoms with E-state index >= 15 is 0 Å². The van der Waals surface area contributed by atoms with Crippen LogP contribution in [0.2, 0.25) is 5.02 Å². The van der Waals surface area contributed by atoms with Gasteiger partial charge in [0.1, 0.15) is 6.54 Å². The third kappa shape index (κ3) is 3.37. The highest BCUT2D eigenvalue weighted by Crippen LogP contribution is 2.65. The fourth-order valence-electron chi connectivity index (χ4n) is 6.15. The molecule has 5 aliphatic rings. The van der Waals surface area contributed by atoms with Crippen molar-refractivity contribution in [1.82, 2.24) is 10.0 Å². The molecule has 3 amide bonds. The first-order valence-corrected chi connectivity index (χ1v) is 12.0. The third-order valence-corrected chi connectivity index (χ3v) is 8.15. The zero-order valence-corrected chi connectivity index (χ0v) is 19.6. The van der Waals surface area contributed by atoms with Gasteiger partial charge < -0.3 is 0 Å². The average Bonchev–Trinajstić information content (AvgIpc) is 3.66. The van der Waals surface area contributed by atoms with Crippen LogP contribution in [0.25, 0.3) is 0 Å². The van der Waals surface area contributed by atoms with Crippen LogP contribution in [-0.2, 0) is 9.59 Å². The Morgan fingerprint density at radius 2 is 1.44 bits per heavy atom. The number of hydrogen-bond acceptors (Lipinski definition) is 6. The van der Waals surface area contributed by atoms with E-state index in [0.717, 1.165) is 28.6 Å². The van der Waals surface area contributed by atoms with E-state index in [-0.39, 0.29) is 28.7 Å². The molecule has 1 heterocycles. The number of hydrogen-bond donors (Lipinski definition) is 0. The molecule has 3 fully saturated rings. The third-order valence-electron chi connectivity index (χ3n) is 7.90. The van der Waals surface area contributed by atoms with E-state index in [1.165, 1.54) is 36.4 Å². The average molecular weight is 506 g/mol. The van der Waals surface area contributed by atoms with Crippen LogP contribution in [-0.4, -0.2) is 45.0 Å². The SMILES string of the molecule is O=C(CN(C(=O)c1ccc([N+](=O)[O-])cc1)N1C(=O)[C@@H]2[C@H]3C=C[C@@H]([C@@H]4C[C@H]34)[C@H]2C1=O)c1ccc(Cl)cc1. The summed E-state index contributed by atoms with van der Waals surface area (Å²) in [5.74, 6) is -2.63. The molecule has 2 bridgehead atoms. The molecule has 2 aromatic carbocycles. The smallest absolute Gasteiger partial charge is 0.273 e. The van der Waals surface area contributed by atoms with E-state index in [2.05, 4.69) is 0 Å². The monoisotopic (exact) mass is 505 g/mol. The van der Waals surface area contributed by atoms with Crippen molar-refractivity contribution in [1.29, 1.82) is 0 Å². The summed E-state index contributed by atoms with van der Waals surface area (Å²) in [6.07, 6.45) is 5.04. The van der Waals surface area contributed by atoms with Crippen molar-refractivity contribution >= 4 is 40.8 Å². The van der Waals surface area contributed by atoms with Crippen LogP contribution in [0, 0.1) is 45.6 Å². The van der Waals surface area contributed by atoms with E-state index in [1.807, 2.05) is 12.2 Å². The van der Waals surface area contributed by atoms with Crippen LogP contribution in [0.3, 0.4) is 0 Å². The number of carbonyl (C=O) groups is 4. The maximum absolute atomic E-state index is 13.6. The zero-order chi connectivity index (χ0) is 25.3. The number of ketones is 1. The van der Waals surface area contributed by atoms with Crippen molar-refractivity contribution in [2.45, 2.75) is 6.42 Å². The summed E-state index contributed by atoms with van der Waals surface area (Å²) in [5, 5.41) is 13.2. The largest absolute Gasteiger partial charge is 0.292 e. The summed E-state index contributed by atoms with van der Waals surface area (Å²) in [4.78, 5) is 64.5. The van der Waals surface area contributed by atoms with E-state index in [4.69, 9.17) is 11.6 Å². The first kappa shape index (κ1) is 22.6. The molecule has 4 aliphatic carbocycles. The quantitative estimate of drug-likeness (QED) is 0.195. The second kappa shape index (κ2) is 8.09. The summed E-state index contributed by atoms with van der Waals surface area (Å²) in [6.45, 7) is -0.552. The molecule has 10 heteroatoms. The topological polar surface area (TPSA) is 118 Å². The van der Waals surface area contributed by atoms with Crippen LogP contribution < -0.4 is 0 Å². The second-order valence-corrected chi connectivity index (χ2v) is 10.2. The lowest BCUT2D eigenvalue weighted by Gasteiger charge is -2.37. The van der Waals surface area contributed by atoms with Crippen molar-refractivity contribution in [2.24, 2.45) is 35.5 Å². The highest BCUT2D eigenvalue weighted by Gasteiger charge is 2.68. The number of Topliss-reactive ketones (excluding diaryl/α,β-unsaturated/α-hetero) is 1. The molecule has 0 N–H and O–H groups in total. The standard InChI is InChI=1S/C26H20ClN3O6/c27-15-5-1-13(2-6-15)21(31)12-28(24(32)14-3-7-16(8-4-14)30(35)36)29-25(33)22-17-9-10-18(20-11-19(17)20)23(22)26(29)34/h1-10,17-20,22-23H,11-12H2/t17-,18-,19-,20+,22+,23+/m0/s1. The number of nitrogens with zero attached hydrogens (tertiary/aromatic N) is 3. The van der Waals surface area contributed by atoms with Gasteiger partial charge in [-0.05, 0) is 66.5 Å². The van der Waals surface area contributed by atoms with Gasteiger partial charge in [-0.25, -0.2) is 5.01 Å². The van der Waals surface area contributed by atoms with Crippen LogP contribution in [0.5, 0.6) is 0 Å². The van der Waals surface area contributed by atoms with Gasteiger partial charge in [0.15, 0.2) is 5.78 Å². The fourth-order valence-corrected chi connectivity index (χ4v) is 6.28. The minimum absolute atomic E-state index is 0.0175. The Bertz CT molecular complexity index is 1320. The van der Waals surface area contributed by atoms with Crippen LogP contribution in [0.15, 0.2) is 60.7 Å². The van der Waals surface area contributed by atoms with Gasteiger partial charge in [0.05, 0.1) is 16.8 Å². The van der Waals surface area contributed by atoms with E-state index in [1.54, 1.807) is 0 Å². The number of allylic oxidation sites excluding steroid dienone is 2. The molecule has 0 aromatic heterocycles. The maximum atomic E-state index is 13.6. The lowest BCUT2D eigenvalue weighted by atomic mass is 9.63. The number of benzene rings is 2. The zero-order valence-electron chi connectivity index (χ0n) is 18.8. The van der Waals surface area contributed by atoms with E-state index in [0.29, 0.717) is 16.9 Å². The Hall–Kier alpha value is -3.85. The molecule has 1 aliphatic heterocycles. The normalized spacial score (nSPS) is 29.1. The van der Waals surface area contributed by atoms with Gasteiger partial charge in [0.25, 0.3) is 23.4 Å². The molecule has 2 saturated carbocycles. The number of nitro groups is 1. The van der Waals surface area contributed by atoms with Crippen molar-refractivity contribution < 1.29 is 24.1 Å². The molecule has 9 nitrogen and oxygen atoms in total. The Morgan fingerprint density at radius 1 is 0.917 bits per heavy atom. The van der Waals surface area contributed by atoms with Crippen LogP contribution >= 0.6 is 11.6 Å². The number of imide groups is 1. The molecular weight excluding hydrogens is 486 g/mol. The predicted molar refractivity (Wildman–Crippen MR) is 126 cm³/mol. The summed E-state index contributed by atoms with van der Waals surface area (Å²) in [7, 11) is 0. The number of nitro benzene ring substituents is 1. The van der Waals surface area contributed by atoms with Gasteiger partial charge in [-0.2, -0.15) is 5.01 Å². The number of carbonyl (C=O) groups excluding carboxylic acids is 4. The van der Waals surface area contributed by atoms with Gasteiger partial charge in [0.2, 0.25) is 0 Å². The van der Waals surface area contributed by atoms with Gasteiger partial charge in [-0.3, -0.25) is 29.3 Å². The molecular formula is C26H20ClN3O6. The number of hydrazine groups is 1. The Balaban J connectivity index is 1.35. The molecule has 7 rings (SSSR count). The summed E-state index contributed by atoms with van der Waals surface area (Å²) in [6, 6.07) is 10.9.